The van der Waals surface area contributed by atoms with Gasteiger partial charge in [-0.15, -0.1) is 0 Å². The molecule has 0 aliphatic carbocycles. The van der Waals surface area contributed by atoms with Gasteiger partial charge in [0.1, 0.15) is 0 Å². The fourth-order valence-corrected chi connectivity index (χ4v) is 3.07. The predicted molar refractivity (Wildman–Crippen MR) is 99.7 cm³/mol. The van der Waals surface area contributed by atoms with Gasteiger partial charge < -0.3 is 5.32 Å². The monoisotopic (exact) mass is 347 g/mol. The fourth-order valence-electron chi connectivity index (χ4n) is 2.79. The van der Waals surface area contributed by atoms with Gasteiger partial charge in [-0.1, -0.05) is 31.5 Å². The van der Waals surface area contributed by atoms with Crippen molar-refractivity contribution in [1.82, 2.24) is 9.78 Å². The van der Waals surface area contributed by atoms with Crippen molar-refractivity contribution in [2.24, 2.45) is 5.92 Å². The Morgan fingerprint density at radius 1 is 1.29 bits per heavy atom. The van der Waals surface area contributed by atoms with E-state index in [0.717, 1.165) is 23.5 Å². The van der Waals surface area contributed by atoms with Crippen LogP contribution >= 0.6 is 11.6 Å². The molecule has 0 saturated heterocycles. The lowest BCUT2D eigenvalue weighted by Gasteiger charge is -2.09. The lowest BCUT2D eigenvalue weighted by molar-refractivity contribution is -0.116. The molecule has 2 aromatic rings. The molecule has 1 heterocycles. The van der Waals surface area contributed by atoms with E-state index >= 15 is 0 Å². The summed E-state index contributed by atoms with van der Waals surface area (Å²) >= 11 is 6.16. The minimum atomic E-state index is -0.0313. The maximum absolute atomic E-state index is 12.2. The van der Waals surface area contributed by atoms with Gasteiger partial charge in [-0.3, -0.25) is 9.48 Å². The van der Waals surface area contributed by atoms with Gasteiger partial charge in [0.15, 0.2) is 0 Å². The van der Waals surface area contributed by atoms with Crippen LogP contribution in [0.3, 0.4) is 0 Å². The number of hydrogen-bond acceptors (Lipinski definition) is 2. The highest BCUT2D eigenvalue weighted by Gasteiger charge is 2.14. The van der Waals surface area contributed by atoms with Crippen LogP contribution in [0.5, 0.6) is 0 Å². The maximum atomic E-state index is 12.2. The number of nitrogens with one attached hydrogen (secondary N) is 1. The molecule has 5 heteroatoms. The molecule has 130 valence electrons. The van der Waals surface area contributed by atoms with E-state index in [1.165, 1.54) is 5.56 Å². The van der Waals surface area contributed by atoms with Crippen molar-refractivity contribution in [3.8, 4) is 0 Å². The number of aromatic nitrogens is 2. The van der Waals surface area contributed by atoms with E-state index in [1.807, 2.05) is 36.7 Å². The lowest BCUT2D eigenvalue weighted by atomic mass is 10.1. The number of anilines is 1. The first-order valence-electron chi connectivity index (χ1n) is 8.36. The van der Waals surface area contributed by atoms with Crippen LogP contribution in [0.25, 0.3) is 0 Å². The zero-order valence-corrected chi connectivity index (χ0v) is 15.9. The van der Waals surface area contributed by atoms with Gasteiger partial charge in [0.2, 0.25) is 5.91 Å². The minimum absolute atomic E-state index is 0.0313. The lowest BCUT2D eigenvalue weighted by Crippen LogP contribution is -2.13. The number of amides is 1. The van der Waals surface area contributed by atoms with Crippen LogP contribution in [-0.2, 0) is 17.8 Å². The van der Waals surface area contributed by atoms with E-state index in [9.17, 15) is 4.79 Å². The van der Waals surface area contributed by atoms with Crippen molar-refractivity contribution in [2.45, 2.75) is 54.0 Å². The average molecular weight is 348 g/mol. The van der Waals surface area contributed by atoms with Gasteiger partial charge in [-0.05, 0) is 56.4 Å². The molecule has 4 nitrogen and oxygen atoms in total. The van der Waals surface area contributed by atoms with Crippen LogP contribution in [0.15, 0.2) is 18.2 Å². The highest BCUT2D eigenvalue weighted by atomic mass is 35.5. The zero-order chi connectivity index (χ0) is 17.9. The summed E-state index contributed by atoms with van der Waals surface area (Å²) in [5, 5.41) is 8.06. The molecular formula is C19H26ClN3O. The van der Waals surface area contributed by atoms with Crippen molar-refractivity contribution in [3.05, 3.63) is 45.7 Å². The first-order chi connectivity index (χ1) is 11.3. The first kappa shape index (κ1) is 18.5. The Kier molecular flexibility index (Phi) is 6.05. The number of carbonyl (C=O) groups excluding carboxylic acids is 1. The number of carbonyl (C=O) groups is 1. The molecule has 0 aliphatic heterocycles. The Balaban J connectivity index is 2.00. The first-order valence-corrected chi connectivity index (χ1v) is 8.74. The van der Waals surface area contributed by atoms with E-state index in [0.29, 0.717) is 29.5 Å². The molecule has 0 aliphatic rings. The molecule has 24 heavy (non-hydrogen) atoms. The van der Waals surface area contributed by atoms with Crippen LogP contribution in [0.4, 0.5) is 5.69 Å². The standard InChI is InChI=1S/C19H26ClN3O/c1-12(2)11-23-15(5)16(14(4)22-23)7-9-19(24)21-18-8-6-13(3)10-17(18)20/h6,8,10,12H,7,9,11H2,1-5H3,(H,21,24). The molecule has 1 aromatic heterocycles. The number of hydrogen-bond donors (Lipinski definition) is 1. The van der Waals surface area contributed by atoms with Gasteiger partial charge in [0.05, 0.1) is 16.4 Å². The largest absolute Gasteiger partial charge is 0.325 e. The van der Waals surface area contributed by atoms with Crippen molar-refractivity contribution >= 4 is 23.2 Å². The minimum Gasteiger partial charge on any atom is -0.325 e. The van der Waals surface area contributed by atoms with Crippen molar-refractivity contribution in [2.75, 3.05) is 5.32 Å². The van der Waals surface area contributed by atoms with Gasteiger partial charge in [0, 0.05) is 18.7 Å². The van der Waals surface area contributed by atoms with Gasteiger partial charge in [-0.2, -0.15) is 5.10 Å². The molecule has 0 spiro atoms. The Morgan fingerprint density at radius 2 is 2.00 bits per heavy atom. The summed E-state index contributed by atoms with van der Waals surface area (Å²) in [6.45, 7) is 11.3. The number of nitrogens with zero attached hydrogens (tertiary/aromatic N) is 2. The molecule has 2 rings (SSSR count). The highest BCUT2D eigenvalue weighted by Crippen LogP contribution is 2.23. The van der Waals surface area contributed by atoms with Crippen molar-refractivity contribution < 1.29 is 4.79 Å². The molecule has 0 saturated carbocycles. The van der Waals surface area contributed by atoms with Crippen LogP contribution in [0.1, 0.15) is 42.8 Å². The summed E-state index contributed by atoms with van der Waals surface area (Å²) < 4.78 is 2.05. The highest BCUT2D eigenvalue weighted by molar-refractivity contribution is 6.33. The Bertz CT molecular complexity index is 734. The van der Waals surface area contributed by atoms with Gasteiger partial charge in [0.25, 0.3) is 0 Å². The maximum Gasteiger partial charge on any atom is 0.224 e. The summed E-state index contributed by atoms with van der Waals surface area (Å²) in [6.07, 6.45) is 1.10. The average Bonchev–Trinajstić information content (AvgIpc) is 2.74. The third kappa shape index (κ3) is 4.60. The molecule has 1 aromatic carbocycles. The Hall–Kier alpha value is -1.81. The zero-order valence-electron chi connectivity index (χ0n) is 15.1. The summed E-state index contributed by atoms with van der Waals surface area (Å²) in [5.41, 5.74) is 5.07. The van der Waals surface area contributed by atoms with Crippen LogP contribution in [0.2, 0.25) is 5.02 Å². The smallest absolute Gasteiger partial charge is 0.224 e. The van der Waals surface area contributed by atoms with E-state index in [-0.39, 0.29) is 5.91 Å². The number of halogens is 1. The van der Waals surface area contributed by atoms with Gasteiger partial charge in [-0.25, -0.2) is 0 Å². The summed E-state index contributed by atoms with van der Waals surface area (Å²) in [4.78, 5) is 12.2. The SMILES string of the molecule is Cc1ccc(NC(=O)CCc2c(C)nn(CC(C)C)c2C)c(Cl)c1. The normalized spacial score (nSPS) is 11.1. The quantitative estimate of drug-likeness (QED) is 0.824. The third-order valence-corrected chi connectivity index (χ3v) is 4.38. The Morgan fingerprint density at radius 3 is 2.62 bits per heavy atom. The van der Waals surface area contributed by atoms with E-state index in [1.54, 1.807) is 0 Å². The summed E-state index contributed by atoms with van der Waals surface area (Å²) in [6, 6.07) is 5.62. The molecule has 0 radical (unpaired) electrons. The molecule has 0 bridgehead atoms. The molecule has 0 atom stereocenters. The number of aryl methyl sites for hydroxylation is 2. The van der Waals surface area contributed by atoms with Crippen LogP contribution in [0, 0.1) is 26.7 Å². The summed E-state index contributed by atoms with van der Waals surface area (Å²) in [7, 11) is 0. The second-order valence-corrected chi connectivity index (χ2v) is 7.16. The number of rotatable bonds is 6. The molecule has 1 N–H and O–H groups in total. The topological polar surface area (TPSA) is 46.9 Å². The van der Waals surface area contributed by atoms with Crippen LogP contribution in [-0.4, -0.2) is 15.7 Å². The van der Waals surface area contributed by atoms with E-state index < -0.39 is 0 Å². The predicted octanol–water partition coefficient (Wildman–Crippen LogP) is 4.69. The molecular weight excluding hydrogens is 322 g/mol. The fraction of sp³-hybridized carbons (Fsp3) is 0.474. The summed E-state index contributed by atoms with van der Waals surface area (Å²) in [5.74, 6) is 0.513. The molecule has 1 amide bonds. The van der Waals surface area contributed by atoms with Crippen LogP contribution < -0.4 is 5.32 Å². The number of benzene rings is 1. The van der Waals surface area contributed by atoms with E-state index in [2.05, 4.69) is 31.2 Å². The molecule has 0 fully saturated rings. The Labute approximate surface area is 149 Å². The van der Waals surface area contributed by atoms with Crippen molar-refractivity contribution in [3.63, 3.8) is 0 Å². The van der Waals surface area contributed by atoms with E-state index in [4.69, 9.17) is 11.6 Å². The van der Waals surface area contributed by atoms with Gasteiger partial charge >= 0.3 is 0 Å². The second-order valence-electron chi connectivity index (χ2n) is 6.76. The van der Waals surface area contributed by atoms with Crippen molar-refractivity contribution in [1.29, 1.82) is 0 Å². The second kappa shape index (κ2) is 7.84. The molecule has 0 unspecified atom stereocenters. The third-order valence-electron chi connectivity index (χ3n) is 4.07.